The molecule has 2 aromatic rings. The van der Waals surface area contributed by atoms with E-state index in [0.29, 0.717) is 5.56 Å². The van der Waals surface area contributed by atoms with Crippen molar-refractivity contribution in [2.45, 2.75) is 6.54 Å². The summed E-state index contributed by atoms with van der Waals surface area (Å²) >= 11 is 8.59. The fourth-order valence-electron chi connectivity index (χ4n) is 2.80. The monoisotopic (exact) mass is 434 g/mol. The van der Waals surface area contributed by atoms with Gasteiger partial charge in [-0.3, -0.25) is 10.1 Å². The lowest BCUT2D eigenvalue weighted by Crippen LogP contribution is -3.12. The van der Waals surface area contributed by atoms with E-state index in [0.717, 1.165) is 43.0 Å². The zero-order valence-electron chi connectivity index (χ0n) is 14.3. The second-order valence-corrected chi connectivity index (χ2v) is 7.48. The van der Waals surface area contributed by atoms with Gasteiger partial charge >= 0.3 is 0 Å². The number of carbonyl (C=O) groups is 1. The van der Waals surface area contributed by atoms with Gasteiger partial charge in [-0.2, -0.15) is 0 Å². The minimum Gasteiger partial charge on any atom is -0.370 e. The molecule has 3 N–H and O–H groups in total. The summed E-state index contributed by atoms with van der Waals surface area (Å²) in [7, 11) is 0. The molecule has 3 rings (SSSR count). The third-order valence-corrected chi connectivity index (χ3v) is 4.88. The van der Waals surface area contributed by atoms with Crippen molar-refractivity contribution < 1.29 is 14.4 Å². The Labute approximate surface area is 166 Å². The molecule has 1 aliphatic heterocycles. The van der Waals surface area contributed by atoms with Crippen LogP contribution in [0.1, 0.15) is 15.9 Å². The van der Waals surface area contributed by atoms with Crippen molar-refractivity contribution >= 4 is 44.9 Å². The van der Waals surface area contributed by atoms with Crippen molar-refractivity contribution in [2.24, 2.45) is 0 Å². The molecule has 136 valence electrons. The standard InChI is InChI=1S/C19H20BrN3O2S/c20-16-3-1-2-15(12-16)18(24)22-19(26)21-17-6-4-14(5-7-17)13-23-8-10-25-11-9-23/h1-7,12H,8-11,13H2,(H2,21,22,24,26)/p+1. The summed E-state index contributed by atoms with van der Waals surface area (Å²) in [6.45, 7) is 4.76. The van der Waals surface area contributed by atoms with Gasteiger partial charge in [0, 0.05) is 21.3 Å². The number of rotatable bonds is 4. The molecule has 7 heteroatoms. The van der Waals surface area contributed by atoms with Gasteiger partial charge in [-0.05, 0) is 42.5 Å². The molecule has 0 atom stereocenters. The Kier molecular flexibility index (Phi) is 6.73. The van der Waals surface area contributed by atoms with E-state index in [1.807, 2.05) is 24.3 Å². The molecule has 0 bridgehead atoms. The maximum Gasteiger partial charge on any atom is 0.257 e. The lowest BCUT2D eigenvalue weighted by atomic mass is 10.2. The number of ether oxygens (including phenoxy) is 1. The summed E-state index contributed by atoms with van der Waals surface area (Å²) < 4.78 is 6.24. The number of morpholine rings is 1. The zero-order valence-corrected chi connectivity index (χ0v) is 16.7. The molecule has 0 spiro atoms. The first-order valence-electron chi connectivity index (χ1n) is 8.48. The van der Waals surface area contributed by atoms with E-state index in [-0.39, 0.29) is 11.0 Å². The normalized spacial score (nSPS) is 14.7. The molecule has 1 fully saturated rings. The number of anilines is 1. The van der Waals surface area contributed by atoms with Crippen LogP contribution in [-0.4, -0.2) is 37.3 Å². The van der Waals surface area contributed by atoms with E-state index in [2.05, 4.69) is 38.7 Å². The number of thiocarbonyl (C=S) groups is 1. The Morgan fingerprint density at radius 3 is 2.58 bits per heavy atom. The molecule has 0 unspecified atom stereocenters. The largest absolute Gasteiger partial charge is 0.370 e. The number of benzene rings is 2. The Balaban J connectivity index is 1.51. The molecule has 26 heavy (non-hydrogen) atoms. The average Bonchev–Trinajstić information content (AvgIpc) is 2.64. The van der Waals surface area contributed by atoms with Crippen molar-refractivity contribution in [3.05, 3.63) is 64.1 Å². The van der Waals surface area contributed by atoms with Crippen LogP contribution in [0.4, 0.5) is 5.69 Å². The number of quaternary nitrogens is 1. The summed E-state index contributed by atoms with van der Waals surface area (Å²) in [6.07, 6.45) is 0. The molecular weight excluding hydrogens is 414 g/mol. The summed E-state index contributed by atoms with van der Waals surface area (Å²) in [5.41, 5.74) is 2.68. The number of hydrogen-bond donors (Lipinski definition) is 3. The minimum atomic E-state index is -0.240. The zero-order chi connectivity index (χ0) is 18.4. The topological polar surface area (TPSA) is 54.8 Å². The number of halogens is 1. The molecule has 1 aliphatic rings. The van der Waals surface area contributed by atoms with E-state index in [1.165, 1.54) is 10.5 Å². The lowest BCUT2D eigenvalue weighted by molar-refractivity contribution is -0.921. The first-order chi connectivity index (χ1) is 12.6. The predicted molar refractivity (Wildman–Crippen MR) is 109 cm³/mol. The van der Waals surface area contributed by atoms with Crippen LogP contribution in [-0.2, 0) is 11.3 Å². The van der Waals surface area contributed by atoms with Crippen LogP contribution in [0.5, 0.6) is 0 Å². The first kappa shape index (κ1) is 19.0. The minimum absolute atomic E-state index is 0.240. The van der Waals surface area contributed by atoms with Gasteiger partial charge in [0.2, 0.25) is 0 Å². The van der Waals surface area contributed by atoms with Crippen molar-refractivity contribution in [2.75, 3.05) is 31.6 Å². The molecular formula is C19H21BrN3O2S+. The highest BCUT2D eigenvalue weighted by Gasteiger charge is 2.14. The van der Waals surface area contributed by atoms with Gasteiger partial charge in [-0.1, -0.05) is 34.1 Å². The van der Waals surface area contributed by atoms with Crippen molar-refractivity contribution in [1.29, 1.82) is 0 Å². The SMILES string of the molecule is O=C(NC(=S)Nc1ccc(C[NH+]2CCOCC2)cc1)c1cccc(Br)c1. The summed E-state index contributed by atoms with van der Waals surface area (Å²) in [4.78, 5) is 13.7. The third kappa shape index (κ3) is 5.60. The molecule has 0 aromatic heterocycles. The van der Waals surface area contributed by atoms with Crippen molar-refractivity contribution in [3.63, 3.8) is 0 Å². The van der Waals surface area contributed by atoms with E-state index in [9.17, 15) is 4.79 Å². The summed E-state index contributed by atoms with van der Waals surface area (Å²) in [6, 6.07) is 15.3. The van der Waals surface area contributed by atoms with E-state index < -0.39 is 0 Å². The van der Waals surface area contributed by atoms with Gasteiger partial charge in [0.25, 0.3) is 5.91 Å². The van der Waals surface area contributed by atoms with E-state index in [1.54, 1.807) is 12.1 Å². The fourth-order valence-corrected chi connectivity index (χ4v) is 3.41. The van der Waals surface area contributed by atoms with Crippen molar-refractivity contribution in [1.82, 2.24) is 5.32 Å². The molecule has 1 heterocycles. The second-order valence-electron chi connectivity index (χ2n) is 6.15. The van der Waals surface area contributed by atoms with Crippen LogP contribution in [0.15, 0.2) is 53.0 Å². The molecule has 0 saturated carbocycles. The molecule has 1 amide bonds. The average molecular weight is 435 g/mol. The summed E-state index contributed by atoms with van der Waals surface area (Å²) in [5, 5.41) is 6.02. The molecule has 5 nitrogen and oxygen atoms in total. The van der Waals surface area contributed by atoms with Crippen LogP contribution in [0, 0.1) is 0 Å². The molecule has 0 radical (unpaired) electrons. The van der Waals surface area contributed by atoms with E-state index >= 15 is 0 Å². The Morgan fingerprint density at radius 2 is 1.88 bits per heavy atom. The van der Waals surface area contributed by atoms with Crippen LogP contribution in [0.2, 0.25) is 0 Å². The Morgan fingerprint density at radius 1 is 1.15 bits per heavy atom. The maximum absolute atomic E-state index is 12.2. The summed E-state index contributed by atoms with van der Waals surface area (Å²) in [5.74, 6) is -0.240. The second kappa shape index (κ2) is 9.23. The van der Waals surface area contributed by atoms with Gasteiger partial charge < -0.3 is 15.0 Å². The lowest BCUT2D eigenvalue weighted by Gasteiger charge is -2.23. The highest BCUT2D eigenvalue weighted by Crippen LogP contribution is 2.12. The predicted octanol–water partition coefficient (Wildman–Crippen LogP) is 1.99. The van der Waals surface area contributed by atoms with Crippen molar-refractivity contribution in [3.8, 4) is 0 Å². The number of hydrogen-bond acceptors (Lipinski definition) is 3. The quantitative estimate of drug-likeness (QED) is 0.644. The first-order valence-corrected chi connectivity index (χ1v) is 9.68. The molecule has 0 aliphatic carbocycles. The van der Waals surface area contributed by atoms with Crippen LogP contribution >= 0.6 is 28.1 Å². The highest BCUT2D eigenvalue weighted by atomic mass is 79.9. The van der Waals surface area contributed by atoms with Crippen LogP contribution in [0.25, 0.3) is 0 Å². The van der Waals surface area contributed by atoms with Crippen LogP contribution < -0.4 is 15.5 Å². The Bertz CT molecular complexity index is 777. The number of amides is 1. The maximum atomic E-state index is 12.2. The fraction of sp³-hybridized carbons (Fsp3) is 0.263. The smallest absolute Gasteiger partial charge is 0.257 e. The van der Waals surface area contributed by atoms with Gasteiger partial charge in [-0.15, -0.1) is 0 Å². The highest BCUT2D eigenvalue weighted by molar-refractivity contribution is 9.10. The Hall–Kier alpha value is -1.80. The van der Waals surface area contributed by atoms with Crippen LogP contribution in [0.3, 0.4) is 0 Å². The van der Waals surface area contributed by atoms with Gasteiger partial charge in [0.15, 0.2) is 5.11 Å². The van der Waals surface area contributed by atoms with Gasteiger partial charge in [0.05, 0.1) is 13.2 Å². The number of nitrogens with one attached hydrogen (secondary N) is 3. The molecule has 2 aromatic carbocycles. The van der Waals surface area contributed by atoms with E-state index in [4.69, 9.17) is 17.0 Å². The van der Waals surface area contributed by atoms with Gasteiger partial charge in [-0.25, -0.2) is 0 Å². The number of carbonyl (C=O) groups excluding carboxylic acids is 1. The van der Waals surface area contributed by atoms with Gasteiger partial charge in [0.1, 0.15) is 19.6 Å². The molecule has 1 saturated heterocycles. The third-order valence-electron chi connectivity index (χ3n) is 4.18.